The van der Waals surface area contributed by atoms with Crippen molar-refractivity contribution in [2.24, 2.45) is 0 Å². The lowest BCUT2D eigenvalue weighted by atomic mass is 9.86. The highest BCUT2D eigenvalue weighted by molar-refractivity contribution is 5.87. The van der Waals surface area contributed by atoms with Crippen LogP contribution in [0.25, 0.3) is 0 Å². The second-order valence-corrected chi connectivity index (χ2v) is 3.95. The number of rotatable bonds is 2. The van der Waals surface area contributed by atoms with Crippen molar-refractivity contribution in [1.29, 1.82) is 0 Å². The molecule has 1 fully saturated rings. The molecule has 1 heterocycles. The van der Waals surface area contributed by atoms with Crippen molar-refractivity contribution in [3.05, 3.63) is 35.9 Å². The summed E-state index contributed by atoms with van der Waals surface area (Å²) in [7, 11) is 0. The van der Waals surface area contributed by atoms with Gasteiger partial charge >= 0.3 is 6.05 Å². The van der Waals surface area contributed by atoms with Crippen molar-refractivity contribution in [3.63, 3.8) is 0 Å². The molecule has 1 aromatic carbocycles. The van der Waals surface area contributed by atoms with Gasteiger partial charge in [-0.25, -0.2) is 0 Å². The van der Waals surface area contributed by atoms with Gasteiger partial charge in [0.05, 0.1) is 6.61 Å². The second-order valence-electron chi connectivity index (χ2n) is 3.95. The standard InChI is InChI=1S/C12H13F2NO2/c1-9(16)11(10-5-3-2-4-6-10)12(13,14)15-7-8-17-11/h2-6,15H,7-8H2,1H3. The lowest BCUT2D eigenvalue weighted by Crippen LogP contribution is -2.64. The van der Waals surface area contributed by atoms with E-state index in [2.05, 4.69) is 0 Å². The second kappa shape index (κ2) is 4.16. The summed E-state index contributed by atoms with van der Waals surface area (Å²) in [4.78, 5) is 11.7. The van der Waals surface area contributed by atoms with Crippen LogP contribution in [0.2, 0.25) is 0 Å². The van der Waals surface area contributed by atoms with Gasteiger partial charge in [0.1, 0.15) is 0 Å². The molecule has 0 spiro atoms. The van der Waals surface area contributed by atoms with Crippen molar-refractivity contribution in [3.8, 4) is 0 Å². The van der Waals surface area contributed by atoms with E-state index >= 15 is 0 Å². The maximum Gasteiger partial charge on any atom is 0.342 e. The Kier molecular flexibility index (Phi) is 2.97. The highest BCUT2D eigenvalue weighted by Gasteiger charge is 2.61. The third-order valence-electron chi connectivity index (χ3n) is 2.89. The highest BCUT2D eigenvalue weighted by atomic mass is 19.3. The topological polar surface area (TPSA) is 38.3 Å². The molecule has 1 aliphatic heterocycles. The summed E-state index contributed by atoms with van der Waals surface area (Å²) < 4.78 is 33.2. The Bertz CT molecular complexity index is 422. The van der Waals surface area contributed by atoms with E-state index in [0.29, 0.717) is 0 Å². The van der Waals surface area contributed by atoms with Gasteiger partial charge in [0.2, 0.25) is 5.60 Å². The quantitative estimate of drug-likeness (QED) is 0.801. The molecule has 17 heavy (non-hydrogen) atoms. The van der Waals surface area contributed by atoms with Gasteiger partial charge in [-0.15, -0.1) is 0 Å². The van der Waals surface area contributed by atoms with Crippen molar-refractivity contribution >= 4 is 5.78 Å². The largest absolute Gasteiger partial charge is 0.354 e. The molecule has 0 amide bonds. The summed E-state index contributed by atoms with van der Waals surface area (Å²) in [5.74, 6) is -0.707. The molecule has 0 bridgehead atoms. The fourth-order valence-electron chi connectivity index (χ4n) is 2.09. The first-order valence-electron chi connectivity index (χ1n) is 5.34. The van der Waals surface area contributed by atoms with E-state index in [1.165, 1.54) is 12.1 Å². The van der Waals surface area contributed by atoms with Gasteiger partial charge in [0, 0.05) is 6.54 Å². The monoisotopic (exact) mass is 241 g/mol. The highest BCUT2D eigenvalue weighted by Crippen LogP contribution is 2.41. The van der Waals surface area contributed by atoms with Gasteiger partial charge in [-0.3, -0.25) is 10.1 Å². The zero-order valence-electron chi connectivity index (χ0n) is 9.37. The van der Waals surface area contributed by atoms with Crippen molar-refractivity contribution in [2.75, 3.05) is 13.2 Å². The zero-order valence-corrected chi connectivity index (χ0v) is 9.37. The number of nitrogens with one attached hydrogen (secondary N) is 1. The van der Waals surface area contributed by atoms with Gasteiger partial charge in [-0.1, -0.05) is 30.3 Å². The molecule has 3 nitrogen and oxygen atoms in total. The molecule has 1 unspecified atom stereocenters. The van der Waals surface area contributed by atoms with Crippen LogP contribution in [0.1, 0.15) is 12.5 Å². The minimum atomic E-state index is -3.40. The molecule has 2 rings (SSSR count). The first-order chi connectivity index (χ1) is 8.01. The van der Waals surface area contributed by atoms with Crippen LogP contribution in [0, 0.1) is 0 Å². The fraction of sp³-hybridized carbons (Fsp3) is 0.417. The number of benzene rings is 1. The number of morpholine rings is 1. The van der Waals surface area contributed by atoms with Gasteiger partial charge in [-0.05, 0) is 12.5 Å². The molecule has 5 heteroatoms. The summed E-state index contributed by atoms with van der Waals surface area (Å²) in [6.07, 6.45) is 0. The predicted octanol–water partition coefficient (Wildman–Crippen LogP) is 1.68. The first kappa shape index (κ1) is 12.1. The number of carbonyl (C=O) groups excluding carboxylic acids is 1. The van der Waals surface area contributed by atoms with E-state index < -0.39 is 17.4 Å². The van der Waals surface area contributed by atoms with Crippen LogP contribution in [-0.4, -0.2) is 25.0 Å². The number of ketones is 1. The molecule has 1 aromatic rings. The zero-order chi connectivity index (χ0) is 12.5. The third kappa shape index (κ3) is 1.75. The molecule has 92 valence electrons. The summed E-state index contributed by atoms with van der Waals surface area (Å²) in [5.41, 5.74) is -2.04. The minimum absolute atomic E-state index is 0.0227. The van der Waals surface area contributed by atoms with Crippen LogP contribution in [-0.2, 0) is 15.1 Å². The van der Waals surface area contributed by atoms with Gasteiger partial charge in [0.15, 0.2) is 5.78 Å². The van der Waals surface area contributed by atoms with Crippen LogP contribution in [0.4, 0.5) is 8.78 Å². The van der Waals surface area contributed by atoms with Crippen LogP contribution >= 0.6 is 0 Å². The number of hydrogen-bond acceptors (Lipinski definition) is 3. The SMILES string of the molecule is CC(=O)C1(c2ccccc2)OCCNC1(F)F. The fourth-order valence-corrected chi connectivity index (χ4v) is 2.09. The van der Waals surface area contributed by atoms with E-state index in [-0.39, 0.29) is 18.7 Å². The molecule has 1 atom stereocenters. The Morgan fingerprint density at radius 1 is 1.35 bits per heavy atom. The number of Topliss-reactive ketones (excluding diaryl/α,β-unsaturated/α-hetero) is 1. The van der Waals surface area contributed by atoms with Crippen molar-refractivity contribution < 1.29 is 18.3 Å². The third-order valence-corrected chi connectivity index (χ3v) is 2.89. The maximum atomic E-state index is 14.0. The number of hydrogen-bond donors (Lipinski definition) is 1. The average molecular weight is 241 g/mol. The molecule has 0 radical (unpaired) electrons. The van der Waals surface area contributed by atoms with Crippen molar-refractivity contribution in [1.82, 2.24) is 5.32 Å². The number of carbonyl (C=O) groups is 1. The van der Waals surface area contributed by atoms with Crippen molar-refractivity contribution in [2.45, 2.75) is 18.6 Å². The summed E-state index contributed by atoms with van der Waals surface area (Å²) in [6, 6.07) is 4.46. The Hall–Kier alpha value is -1.33. The normalized spacial score (nSPS) is 27.7. The van der Waals surface area contributed by atoms with Crippen LogP contribution < -0.4 is 5.32 Å². The molecule has 1 N–H and O–H groups in total. The van der Waals surface area contributed by atoms with E-state index in [0.717, 1.165) is 6.92 Å². The Balaban J connectivity index is 2.56. The van der Waals surface area contributed by atoms with E-state index in [1.807, 2.05) is 5.32 Å². The van der Waals surface area contributed by atoms with Crippen LogP contribution in [0.5, 0.6) is 0 Å². The predicted molar refractivity (Wildman–Crippen MR) is 57.7 cm³/mol. The molecule has 0 aliphatic carbocycles. The minimum Gasteiger partial charge on any atom is -0.354 e. The van der Waals surface area contributed by atoms with Gasteiger partial charge < -0.3 is 4.74 Å². The number of ether oxygens (including phenoxy) is 1. The van der Waals surface area contributed by atoms with Crippen LogP contribution in [0.15, 0.2) is 30.3 Å². The average Bonchev–Trinajstić information content (AvgIpc) is 2.29. The van der Waals surface area contributed by atoms with E-state index in [1.54, 1.807) is 18.2 Å². The lowest BCUT2D eigenvalue weighted by molar-refractivity contribution is -0.245. The van der Waals surface area contributed by atoms with E-state index in [4.69, 9.17) is 4.74 Å². The summed E-state index contributed by atoms with van der Waals surface area (Å²) in [6.45, 7) is 1.22. The summed E-state index contributed by atoms with van der Waals surface area (Å²) >= 11 is 0. The lowest BCUT2D eigenvalue weighted by Gasteiger charge is -2.42. The van der Waals surface area contributed by atoms with Gasteiger partial charge in [-0.2, -0.15) is 8.78 Å². The molecular formula is C12H13F2NO2. The number of alkyl halides is 2. The molecule has 1 saturated heterocycles. The van der Waals surface area contributed by atoms with Crippen LogP contribution in [0.3, 0.4) is 0 Å². The number of halogens is 2. The van der Waals surface area contributed by atoms with E-state index in [9.17, 15) is 13.6 Å². The molecule has 1 aliphatic rings. The molecule has 0 saturated carbocycles. The smallest absolute Gasteiger partial charge is 0.342 e. The Labute approximate surface area is 97.8 Å². The van der Waals surface area contributed by atoms with Gasteiger partial charge in [0.25, 0.3) is 0 Å². The molecule has 0 aromatic heterocycles. The molecular weight excluding hydrogens is 228 g/mol. The maximum absolute atomic E-state index is 14.0. The Morgan fingerprint density at radius 3 is 2.53 bits per heavy atom. The first-order valence-corrected chi connectivity index (χ1v) is 5.34. The Morgan fingerprint density at radius 2 is 2.00 bits per heavy atom. The summed E-state index contributed by atoms with van der Waals surface area (Å²) in [5, 5.41) is 2.05.